The van der Waals surface area contributed by atoms with Gasteiger partial charge in [0.05, 0.1) is 21.7 Å². The van der Waals surface area contributed by atoms with Crippen molar-refractivity contribution in [2.45, 2.75) is 0 Å². The van der Waals surface area contributed by atoms with Crippen LogP contribution in [0.25, 0.3) is 32.9 Å². The fourth-order valence-electron chi connectivity index (χ4n) is 3.04. The van der Waals surface area contributed by atoms with E-state index in [4.69, 9.17) is 0 Å². The zero-order chi connectivity index (χ0) is 18.3. The molecule has 0 atom stereocenters. The van der Waals surface area contributed by atoms with Gasteiger partial charge in [-0.2, -0.15) is 0 Å². The van der Waals surface area contributed by atoms with Crippen LogP contribution in [-0.2, 0) is 0 Å². The standard InChI is InChI=1S/C20H12N2O4/c23-20(24)17-11-18(13-5-8-14(9-6-13)22(25)26)21-19-15-4-2-1-3-12(15)7-10-16(17)19/h1-11H,(H,23,24). The largest absolute Gasteiger partial charge is 0.478 e. The van der Waals surface area contributed by atoms with Crippen molar-refractivity contribution in [2.75, 3.05) is 0 Å². The Balaban J connectivity index is 2.02. The predicted molar refractivity (Wildman–Crippen MR) is 98.3 cm³/mol. The summed E-state index contributed by atoms with van der Waals surface area (Å²) in [7, 11) is 0. The number of nitrogens with zero attached hydrogens (tertiary/aromatic N) is 2. The van der Waals surface area contributed by atoms with Crippen LogP contribution in [0.4, 0.5) is 5.69 Å². The molecule has 0 fully saturated rings. The Morgan fingerprint density at radius 1 is 0.962 bits per heavy atom. The molecule has 0 saturated carbocycles. The number of aromatic carboxylic acids is 1. The van der Waals surface area contributed by atoms with Crippen LogP contribution in [0.5, 0.6) is 0 Å². The maximum Gasteiger partial charge on any atom is 0.336 e. The number of rotatable bonds is 3. The number of non-ortho nitro benzene ring substituents is 1. The highest BCUT2D eigenvalue weighted by molar-refractivity contribution is 6.12. The van der Waals surface area contributed by atoms with Gasteiger partial charge < -0.3 is 5.11 Å². The molecule has 0 aliphatic rings. The van der Waals surface area contributed by atoms with Crippen molar-refractivity contribution in [1.82, 2.24) is 4.98 Å². The Labute approximate surface area is 147 Å². The third kappa shape index (κ3) is 2.53. The molecular weight excluding hydrogens is 332 g/mol. The van der Waals surface area contributed by atoms with Gasteiger partial charge in [-0.1, -0.05) is 36.4 Å². The molecule has 0 bridgehead atoms. The fourth-order valence-corrected chi connectivity index (χ4v) is 3.04. The van der Waals surface area contributed by atoms with Gasteiger partial charge in [-0.05, 0) is 23.6 Å². The van der Waals surface area contributed by atoms with Gasteiger partial charge in [0, 0.05) is 28.5 Å². The number of fused-ring (bicyclic) bond motifs is 3. The number of nitro benzene ring substituents is 1. The van der Waals surface area contributed by atoms with Crippen LogP contribution in [0.2, 0.25) is 0 Å². The fraction of sp³-hybridized carbons (Fsp3) is 0. The number of aromatic nitrogens is 1. The van der Waals surface area contributed by atoms with E-state index in [2.05, 4.69) is 4.98 Å². The Hall–Kier alpha value is -3.80. The highest BCUT2D eigenvalue weighted by Gasteiger charge is 2.15. The highest BCUT2D eigenvalue weighted by Crippen LogP contribution is 2.30. The average Bonchev–Trinajstić information content (AvgIpc) is 2.67. The predicted octanol–water partition coefficient (Wildman–Crippen LogP) is 4.66. The number of carboxylic acids is 1. The van der Waals surface area contributed by atoms with E-state index in [9.17, 15) is 20.0 Å². The minimum Gasteiger partial charge on any atom is -0.478 e. The van der Waals surface area contributed by atoms with E-state index in [1.165, 1.54) is 18.2 Å². The highest BCUT2D eigenvalue weighted by atomic mass is 16.6. The van der Waals surface area contributed by atoms with Crippen molar-refractivity contribution in [1.29, 1.82) is 0 Å². The molecule has 0 radical (unpaired) electrons. The number of pyridine rings is 1. The second kappa shape index (κ2) is 5.93. The topological polar surface area (TPSA) is 93.3 Å². The van der Waals surface area contributed by atoms with Crippen molar-refractivity contribution >= 4 is 33.3 Å². The summed E-state index contributed by atoms with van der Waals surface area (Å²) in [5, 5.41) is 22.8. The van der Waals surface area contributed by atoms with Gasteiger partial charge >= 0.3 is 5.97 Å². The first-order valence-electron chi connectivity index (χ1n) is 7.85. The molecule has 0 saturated heterocycles. The Kier molecular flexibility index (Phi) is 3.58. The number of hydrogen-bond donors (Lipinski definition) is 1. The molecule has 6 heteroatoms. The summed E-state index contributed by atoms with van der Waals surface area (Å²) in [5.74, 6) is -1.05. The van der Waals surface area contributed by atoms with Crippen LogP contribution in [0.3, 0.4) is 0 Å². The summed E-state index contributed by atoms with van der Waals surface area (Å²) in [4.78, 5) is 26.8. The van der Waals surface area contributed by atoms with Gasteiger partial charge in [-0.15, -0.1) is 0 Å². The lowest BCUT2D eigenvalue weighted by Gasteiger charge is -2.09. The van der Waals surface area contributed by atoms with Gasteiger partial charge in [0.15, 0.2) is 0 Å². The van der Waals surface area contributed by atoms with Crippen molar-refractivity contribution in [3.05, 3.63) is 82.4 Å². The molecule has 1 heterocycles. The van der Waals surface area contributed by atoms with Crippen LogP contribution in [0, 0.1) is 10.1 Å². The lowest BCUT2D eigenvalue weighted by atomic mass is 10.00. The first kappa shape index (κ1) is 15.7. The van der Waals surface area contributed by atoms with E-state index in [1.54, 1.807) is 18.2 Å². The molecule has 3 aromatic carbocycles. The van der Waals surface area contributed by atoms with Gasteiger partial charge in [0.25, 0.3) is 5.69 Å². The van der Waals surface area contributed by atoms with Crippen molar-refractivity contribution in [3.63, 3.8) is 0 Å². The van der Waals surface area contributed by atoms with E-state index in [0.29, 0.717) is 22.2 Å². The normalized spacial score (nSPS) is 10.9. The summed E-state index contributed by atoms with van der Waals surface area (Å²) >= 11 is 0. The van der Waals surface area contributed by atoms with Crippen LogP contribution in [-0.4, -0.2) is 21.0 Å². The molecule has 4 rings (SSSR count). The number of carboxylic acid groups (broad SMARTS) is 1. The van der Waals surface area contributed by atoms with E-state index < -0.39 is 10.9 Å². The quantitative estimate of drug-likeness (QED) is 0.331. The molecule has 1 aromatic heterocycles. The maximum absolute atomic E-state index is 11.8. The lowest BCUT2D eigenvalue weighted by Crippen LogP contribution is -2.00. The minimum atomic E-state index is -1.05. The third-order valence-electron chi connectivity index (χ3n) is 4.31. The summed E-state index contributed by atoms with van der Waals surface area (Å²) in [5.41, 5.74) is 1.79. The number of nitro groups is 1. The van der Waals surface area contributed by atoms with Crippen LogP contribution in [0.15, 0.2) is 66.7 Å². The van der Waals surface area contributed by atoms with E-state index in [-0.39, 0.29) is 11.3 Å². The van der Waals surface area contributed by atoms with Crippen LogP contribution in [0.1, 0.15) is 10.4 Å². The second-order valence-electron chi connectivity index (χ2n) is 5.85. The van der Waals surface area contributed by atoms with Gasteiger partial charge in [0.1, 0.15) is 0 Å². The molecule has 6 nitrogen and oxygen atoms in total. The first-order valence-corrected chi connectivity index (χ1v) is 7.85. The first-order chi connectivity index (χ1) is 12.5. The molecule has 0 amide bonds. The molecule has 26 heavy (non-hydrogen) atoms. The number of benzene rings is 3. The Morgan fingerprint density at radius 2 is 1.69 bits per heavy atom. The smallest absolute Gasteiger partial charge is 0.336 e. The summed E-state index contributed by atoms with van der Waals surface area (Å²) in [6, 6.07) is 18.7. The second-order valence-corrected chi connectivity index (χ2v) is 5.85. The molecule has 0 aliphatic heterocycles. The van der Waals surface area contributed by atoms with Crippen LogP contribution >= 0.6 is 0 Å². The van der Waals surface area contributed by atoms with Crippen molar-refractivity contribution < 1.29 is 14.8 Å². The van der Waals surface area contributed by atoms with E-state index in [0.717, 1.165) is 10.8 Å². The van der Waals surface area contributed by atoms with Gasteiger partial charge in [-0.25, -0.2) is 9.78 Å². The summed E-state index contributed by atoms with van der Waals surface area (Å²) in [6.07, 6.45) is 0. The molecule has 0 aliphatic carbocycles. The van der Waals surface area contributed by atoms with Crippen molar-refractivity contribution in [2.24, 2.45) is 0 Å². The van der Waals surface area contributed by atoms with E-state index >= 15 is 0 Å². The zero-order valence-electron chi connectivity index (χ0n) is 13.4. The van der Waals surface area contributed by atoms with Crippen LogP contribution < -0.4 is 0 Å². The summed E-state index contributed by atoms with van der Waals surface area (Å²) < 4.78 is 0. The lowest BCUT2D eigenvalue weighted by molar-refractivity contribution is -0.384. The molecule has 1 N–H and O–H groups in total. The molecule has 126 valence electrons. The molecule has 0 spiro atoms. The third-order valence-corrected chi connectivity index (χ3v) is 4.31. The SMILES string of the molecule is O=C(O)c1cc(-c2ccc([N+](=O)[O-])cc2)nc2c1ccc1ccccc12. The molecule has 4 aromatic rings. The number of hydrogen-bond acceptors (Lipinski definition) is 4. The monoisotopic (exact) mass is 344 g/mol. The Bertz CT molecular complexity index is 1180. The number of carbonyl (C=O) groups is 1. The Morgan fingerprint density at radius 3 is 2.38 bits per heavy atom. The van der Waals surface area contributed by atoms with E-state index in [1.807, 2.05) is 30.3 Å². The molecular formula is C20H12N2O4. The molecule has 0 unspecified atom stereocenters. The minimum absolute atomic E-state index is 0.0292. The van der Waals surface area contributed by atoms with Gasteiger partial charge in [-0.3, -0.25) is 10.1 Å². The zero-order valence-corrected chi connectivity index (χ0v) is 13.4. The average molecular weight is 344 g/mol. The maximum atomic E-state index is 11.8. The summed E-state index contributed by atoms with van der Waals surface area (Å²) in [6.45, 7) is 0. The van der Waals surface area contributed by atoms with Crippen molar-refractivity contribution in [3.8, 4) is 11.3 Å². The van der Waals surface area contributed by atoms with Gasteiger partial charge in [0.2, 0.25) is 0 Å².